The van der Waals surface area contributed by atoms with Gasteiger partial charge < -0.3 is 14.2 Å². The molecule has 146 valence electrons. The van der Waals surface area contributed by atoms with Gasteiger partial charge in [0.05, 0.1) is 13.7 Å². The van der Waals surface area contributed by atoms with Crippen molar-refractivity contribution in [3.05, 3.63) is 57.3 Å². The van der Waals surface area contributed by atoms with E-state index in [2.05, 4.69) is 16.5 Å². The standard InChI is InChI=1S/C20H23N5O3/c1-13(2)12-25-18(26)16-17(22(3)20(25)27)21-19-23(9-6-10-24(16)19)14-7-5-8-15(11-14)28-4/h5,7-8,11H,1,6,9-10,12H2,2-4H3. The molecular formula is C20H23N5O3. The number of aryl methyl sites for hydroxylation is 2. The van der Waals surface area contributed by atoms with Crippen LogP contribution in [0.25, 0.3) is 11.2 Å². The molecule has 0 radical (unpaired) electrons. The van der Waals surface area contributed by atoms with E-state index in [-0.39, 0.29) is 17.8 Å². The van der Waals surface area contributed by atoms with E-state index in [4.69, 9.17) is 4.74 Å². The second-order valence-electron chi connectivity index (χ2n) is 7.13. The highest BCUT2D eigenvalue weighted by molar-refractivity contribution is 5.77. The number of rotatable bonds is 4. The molecule has 28 heavy (non-hydrogen) atoms. The van der Waals surface area contributed by atoms with E-state index in [0.29, 0.717) is 23.7 Å². The lowest BCUT2D eigenvalue weighted by Crippen LogP contribution is -2.40. The second kappa shape index (κ2) is 6.70. The quantitative estimate of drug-likeness (QED) is 0.647. The van der Waals surface area contributed by atoms with Crippen molar-refractivity contribution in [2.45, 2.75) is 26.4 Å². The Morgan fingerprint density at radius 1 is 1.29 bits per heavy atom. The zero-order chi connectivity index (χ0) is 20.0. The summed E-state index contributed by atoms with van der Waals surface area (Å²) in [7, 11) is 3.28. The van der Waals surface area contributed by atoms with Gasteiger partial charge in [-0.2, -0.15) is 4.98 Å². The van der Waals surface area contributed by atoms with Gasteiger partial charge in [-0.3, -0.25) is 13.9 Å². The van der Waals surface area contributed by atoms with Crippen LogP contribution in [0.1, 0.15) is 13.3 Å². The number of imidazole rings is 1. The van der Waals surface area contributed by atoms with Crippen molar-refractivity contribution in [1.29, 1.82) is 0 Å². The Morgan fingerprint density at radius 2 is 2.07 bits per heavy atom. The number of methoxy groups -OCH3 is 1. The van der Waals surface area contributed by atoms with Crippen LogP contribution in [0.5, 0.6) is 5.75 Å². The zero-order valence-corrected chi connectivity index (χ0v) is 16.3. The molecule has 0 unspecified atom stereocenters. The van der Waals surface area contributed by atoms with Gasteiger partial charge in [0.15, 0.2) is 11.2 Å². The van der Waals surface area contributed by atoms with Crippen molar-refractivity contribution in [2.75, 3.05) is 18.6 Å². The number of fused-ring (bicyclic) bond motifs is 3. The Balaban J connectivity index is 1.97. The van der Waals surface area contributed by atoms with Crippen LogP contribution in [0, 0.1) is 0 Å². The minimum Gasteiger partial charge on any atom is -0.497 e. The van der Waals surface area contributed by atoms with Crippen LogP contribution in [-0.4, -0.2) is 32.3 Å². The van der Waals surface area contributed by atoms with Crippen LogP contribution in [0.3, 0.4) is 0 Å². The van der Waals surface area contributed by atoms with E-state index < -0.39 is 0 Å². The molecule has 2 aromatic heterocycles. The van der Waals surface area contributed by atoms with Crippen LogP contribution < -0.4 is 20.9 Å². The molecule has 0 aliphatic carbocycles. The summed E-state index contributed by atoms with van der Waals surface area (Å²) in [6.45, 7) is 7.27. The highest BCUT2D eigenvalue weighted by Crippen LogP contribution is 2.32. The summed E-state index contributed by atoms with van der Waals surface area (Å²) in [6.07, 6.45) is 0.860. The number of hydrogen-bond donors (Lipinski definition) is 0. The highest BCUT2D eigenvalue weighted by atomic mass is 16.5. The van der Waals surface area contributed by atoms with Gasteiger partial charge in [0, 0.05) is 31.9 Å². The first-order valence-corrected chi connectivity index (χ1v) is 9.18. The van der Waals surface area contributed by atoms with E-state index in [0.717, 1.165) is 30.0 Å². The topological polar surface area (TPSA) is 74.3 Å². The van der Waals surface area contributed by atoms with Gasteiger partial charge >= 0.3 is 5.69 Å². The van der Waals surface area contributed by atoms with Crippen molar-refractivity contribution in [3.8, 4) is 5.75 Å². The minimum absolute atomic E-state index is 0.196. The summed E-state index contributed by atoms with van der Waals surface area (Å²) in [6, 6.07) is 7.73. The van der Waals surface area contributed by atoms with Crippen LogP contribution in [-0.2, 0) is 20.1 Å². The second-order valence-corrected chi connectivity index (χ2v) is 7.13. The van der Waals surface area contributed by atoms with Crippen LogP contribution >= 0.6 is 0 Å². The first-order chi connectivity index (χ1) is 13.4. The van der Waals surface area contributed by atoms with E-state index in [1.54, 1.807) is 21.1 Å². The van der Waals surface area contributed by atoms with Crippen LogP contribution in [0.4, 0.5) is 11.6 Å². The van der Waals surface area contributed by atoms with Gasteiger partial charge in [0.1, 0.15) is 5.75 Å². The van der Waals surface area contributed by atoms with E-state index in [1.807, 2.05) is 28.8 Å². The first-order valence-electron chi connectivity index (χ1n) is 9.18. The lowest BCUT2D eigenvalue weighted by Gasteiger charge is -2.29. The Bertz CT molecular complexity index is 1200. The molecule has 0 saturated heterocycles. The summed E-state index contributed by atoms with van der Waals surface area (Å²) in [5.74, 6) is 1.41. The van der Waals surface area contributed by atoms with Gasteiger partial charge in [-0.1, -0.05) is 18.2 Å². The fourth-order valence-corrected chi connectivity index (χ4v) is 3.70. The minimum atomic E-state index is -0.385. The molecule has 1 aliphatic heterocycles. The molecule has 3 aromatic rings. The molecule has 0 spiro atoms. The van der Waals surface area contributed by atoms with E-state index >= 15 is 0 Å². The molecule has 3 heterocycles. The van der Waals surface area contributed by atoms with Gasteiger partial charge in [0.25, 0.3) is 5.56 Å². The van der Waals surface area contributed by atoms with Crippen molar-refractivity contribution in [2.24, 2.45) is 7.05 Å². The number of nitrogens with zero attached hydrogens (tertiary/aromatic N) is 5. The molecule has 1 aliphatic rings. The molecule has 0 bridgehead atoms. The van der Waals surface area contributed by atoms with Crippen molar-refractivity contribution in [3.63, 3.8) is 0 Å². The number of allylic oxidation sites excluding steroid dienone is 1. The molecule has 0 atom stereocenters. The molecule has 0 amide bonds. The van der Waals surface area contributed by atoms with Gasteiger partial charge in [-0.15, -0.1) is 0 Å². The van der Waals surface area contributed by atoms with Crippen LogP contribution in [0.15, 0.2) is 46.0 Å². The maximum Gasteiger partial charge on any atom is 0.332 e. The summed E-state index contributed by atoms with van der Waals surface area (Å²) in [5, 5.41) is 0. The fraction of sp³-hybridized carbons (Fsp3) is 0.350. The molecule has 4 rings (SSSR count). The SMILES string of the molecule is C=C(C)Cn1c(=O)c2c(nc3n2CCCN3c2cccc(OC)c2)n(C)c1=O. The number of aromatic nitrogens is 4. The molecule has 8 nitrogen and oxygen atoms in total. The van der Waals surface area contributed by atoms with E-state index in [1.165, 1.54) is 9.13 Å². The van der Waals surface area contributed by atoms with Gasteiger partial charge in [-0.05, 0) is 25.5 Å². The third-order valence-corrected chi connectivity index (χ3v) is 5.01. The summed E-state index contributed by atoms with van der Waals surface area (Å²) in [4.78, 5) is 32.6. The zero-order valence-electron chi connectivity index (χ0n) is 16.3. The van der Waals surface area contributed by atoms with Crippen molar-refractivity contribution >= 4 is 22.8 Å². The average molecular weight is 381 g/mol. The molecule has 1 aromatic carbocycles. The third-order valence-electron chi connectivity index (χ3n) is 5.01. The molecule has 0 N–H and O–H groups in total. The Labute approximate surface area is 161 Å². The van der Waals surface area contributed by atoms with E-state index in [9.17, 15) is 9.59 Å². The summed E-state index contributed by atoms with van der Waals surface area (Å²) >= 11 is 0. The molecule has 0 fully saturated rings. The maximum atomic E-state index is 13.1. The summed E-state index contributed by atoms with van der Waals surface area (Å²) < 4.78 is 9.92. The normalized spacial score (nSPS) is 13.6. The molecule has 8 heteroatoms. The lowest BCUT2D eigenvalue weighted by molar-refractivity contribution is 0.415. The predicted octanol–water partition coefficient (Wildman–Crippen LogP) is 2.02. The third kappa shape index (κ3) is 2.72. The van der Waals surface area contributed by atoms with Crippen LogP contribution in [0.2, 0.25) is 0 Å². The fourth-order valence-electron chi connectivity index (χ4n) is 3.70. The lowest BCUT2D eigenvalue weighted by atomic mass is 10.2. The number of ether oxygens (including phenoxy) is 1. The number of anilines is 2. The summed E-state index contributed by atoms with van der Waals surface area (Å²) in [5.41, 5.74) is 1.82. The number of benzene rings is 1. The van der Waals surface area contributed by atoms with Gasteiger partial charge in [0.2, 0.25) is 5.95 Å². The highest BCUT2D eigenvalue weighted by Gasteiger charge is 2.27. The Hall–Kier alpha value is -3.29. The Kier molecular flexibility index (Phi) is 4.33. The number of hydrogen-bond acceptors (Lipinski definition) is 5. The first kappa shape index (κ1) is 18.1. The van der Waals surface area contributed by atoms with Crippen molar-refractivity contribution < 1.29 is 4.74 Å². The predicted molar refractivity (Wildman–Crippen MR) is 109 cm³/mol. The smallest absolute Gasteiger partial charge is 0.332 e. The molecule has 0 saturated carbocycles. The monoisotopic (exact) mass is 381 g/mol. The maximum absolute atomic E-state index is 13.1. The van der Waals surface area contributed by atoms with Gasteiger partial charge in [-0.25, -0.2) is 4.79 Å². The largest absolute Gasteiger partial charge is 0.497 e. The Morgan fingerprint density at radius 3 is 2.79 bits per heavy atom. The average Bonchev–Trinajstić information content (AvgIpc) is 3.09. The molecular weight excluding hydrogens is 358 g/mol. The van der Waals surface area contributed by atoms with Crippen molar-refractivity contribution in [1.82, 2.24) is 18.7 Å².